The SMILES string of the molecule is CCOC(=O)C1CCCN(C(=O)COCCOC)C1. The van der Waals surface area contributed by atoms with Crippen molar-refractivity contribution < 1.29 is 23.8 Å². The van der Waals surface area contributed by atoms with E-state index in [1.165, 1.54) is 0 Å². The zero-order valence-corrected chi connectivity index (χ0v) is 11.7. The summed E-state index contributed by atoms with van der Waals surface area (Å²) in [6, 6.07) is 0. The summed E-state index contributed by atoms with van der Waals surface area (Å²) in [5.41, 5.74) is 0. The third kappa shape index (κ3) is 5.57. The molecule has 110 valence electrons. The summed E-state index contributed by atoms with van der Waals surface area (Å²) in [5, 5.41) is 0. The summed E-state index contributed by atoms with van der Waals surface area (Å²) in [7, 11) is 1.58. The van der Waals surface area contributed by atoms with Crippen molar-refractivity contribution in [2.24, 2.45) is 5.92 Å². The number of nitrogens with zero attached hydrogens (tertiary/aromatic N) is 1. The van der Waals surface area contributed by atoms with Crippen molar-refractivity contribution in [1.29, 1.82) is 0 Å². The van der Waals surface area contributed by atoms with Crippen molar-refractivity contribution in [3.05, 3.63) is 0 Å². The molecule has 1 atom stereocenters. The van der Waals surface area contributed by atoms with Crippen LogP contribution in [0.4, 0.5) is 0 Å². The van der Waals surface area contributed by atoms with Gasteiger partial charge in [0.05, 0.1) is 25.7 Å². The van der Waals surface area contributed by atoms with Crippen LogP contribution in [0.3, 0.4) is 0 Å². The zero-order valence-electron chi connectivity index (χ0n) is 11.7. The van der Waals surface area contributed by atoms with E-state index in [1.807, 2.05) is 0 Å². The van der Waals surface area contributed by atoms with Gasteiger partial charge in [-0.2, -0.15) is 0 Å². The Hall–Kier alpha value is -1.14. The van der Waals surface area contributed by atoms with Gasteiger partial charge in [0.2, 0.25) is 5.91 Å². The Bertz CT molecular complexity index is 295. The Balaban J connectivity index is 2.32. The average Bonchev–Trinajstić information content (AvgIpc) is 2.44. The average molecular weight is 273 g/mol. The van der Waals surface area contributed by atoms with Gasteiger partial charge in [0.25, 0.3) is 0 Å². The molecule has 0 saturated carbocycles. The van der Waals surface area contributed by atoms with Crippen LogP contribution in [-0.2, 0) is 23.8 Å². The second-order valence-corrected chi connectivity index (χ2v) is 4.48. The van der Waals surface area contributed by atoms with Crippen LogP contribution in [0.15, 0.2) is 0 Å². The third-order valence-electron chi connectivity index (χ3n) is 3.05. The van der Waals surface area contributed by atoms with Crippen LogP contribution in [0.5, 0.6) is 0 Å². The van der Waals surface area contributed by atoms with Gasteiger partial charge < -0.3 is 19.1 Å². The molecule has 1 unspecified atom stereocenters. The number of rotatable bonds is 7. The molecule has 1 amide bonds. The number of ether oxygens (including phenoxy) is 3. The Labute approximate surface area is 114 Å². The van der Waals surface area contributed by atoms with Crippen LogP contribution in [0.2, 0.25) is 0 Å². The molecule has 1 aliphatic heterocycles. The topological polar surface area (TPSA) is 65.1 Å². The van der Waals surface area contributed by atoms with Gasteiger partial charge in [0.15, 0.2) is 0 Å². The second kappa shape index (κ2) is 8.87. The predicted octanol–water partition coefficient (Wildman–Crippen LogP) is 0.451. The van der Waals surface area contributed by atoms with Crippen molar-refractivity contribution in [3.63, 3.8) is 0 Å². The second-order valence-electron chi connectivity index (χ2n) is 4.48. The maximum Gasteiger partial charge on any atom is 0.310 e. The molecule has 6 heteroatoms. The molecule has 0 aliphatic carbocycles. The van der Waals surface area contributed by atoms with E-state index < -0.39 is 0 Å². The van der Waals surface area contributed by atoms with Gasteiger partial charge in [0.1, 0.15) is 6.61 Å². The van der Waals surface area contributed by atoms with E-state index in [2.05, 4.69) is 0 Å². The lowest BCUT2D eigenvalue weighted by Gasteiger charge is -2.31. The first-order valence-corrected chi connectivity index (χ1v) is 6.70. The first kappa shape index (κ1) is 15.9. The number of carbonyl (C=O) groups excluding carboxylic acids is 2. The number of amides is 1. The van der Waals surface area contributed by atoms with Crippen LogP contribution >= 0.6 is 0 Å². The minimum absolute atomic E-state index is 0.0406. The molecule has 0 N–H and O–H groups in total. The molecule has 0 spiro atoms. The van der Waals surface area contributed by atoms with Crippen LogP contribution in [-0.4, -0.2) is 63.4 Å². The van der Waals surface area contributed by atoms with E-state index in [0.717, 1.165) is 12.8 Å². The third-order valence-corrected chi connectivity index (χ3v) is 3.05. The molecule has 0 bridgehead atoms. The Kier molecular flexibility index (Phi) is 7.43. The molecule has 1 rings (SSSR count). The van der Waals surface area contributed by atoms with Crippen molar-refractivity contribution >= 4 is 11.9 Å². The number of piperidine rings is 1. The lowest BCUT2D eigenvalue weighted by molar-refractivity contribution is -0.152. The molecule has 1 aliphatic rings. The first-order chi connectivity index (χ1) is 9.19. The quantitative estimate of drug-likeness (QED) is 0.498. The summed E-state index contributed by atoms with van der Waals surface area (Å²) in [6.45, 7) is 4.19. The number of likely N-dealkylation sites (tertiary alicyclic amines) is 1. The van der Waals surface area contributed by atoms with E-state index >= 15 is 0 Å². The standard InChI is InChI=1S/C13H23NO5/c1-3-19-13(16)11-5-4-6-14(9-11)12(15)10-18-8-7-17-2/h11H,3-10H2,1-2H3. The van der Waals surface area contributed by atoms with Gasteiger partial charge in [-0.15, -0.1) is 0 Å². The lowest BCUT2D eigenvalue weighted by Crippen LogP contribution is -2.44. The molecule has 1 saturated heterocycles. The van der Waals surface area contributed by atoms with Gasteiger partial charge in [-0.1, -0.05) is 0 Å². The predicted molar refractivity (Wildman–Crippen MR) is 68.6 cm³/mol. The molecule has 6 nitrogen and oxygen atoms in total. The fourth-order valence-electron chi connectivity index (χ4n) is 2.05. The lowest BCUT2D eigenvalue weighted by atomic mass is 9.98. The first-order valence-electron chi connectivity index (χ1n) is 6.70. The number of hydrogen-bond donors (Lipinski definition) is 0. The minimum Gasteiger partial charge on any atom is -0.466 e. The molecule has 1 fully saturated rings. The summed E-state index contributed by atoms with van der Waals surface area (Å²) >= 11 is 0. The van der Waals surface area contributed by atoms with E-state index in [4.69, 9.17) is 14.2 Å². The van der Waals surface area contributed by atoms with E-state index in [9.17, 15) is 9.59 Å². The summed E-state index contributed by atoms with van der Waals surface area (Å²) in [4.78, 5) is 25.2. The minimum atomic E-state index is -0.208. The highest BCUT2D eigenvalue weighted by molar-refractivity contribution is 5.79. The monoisotopic (exact) mass is 273 g/mol. The molecule has 0 aromatic rings. The smallest absolute Gasteiger partial charge is 0.310 e. The summed E-state index contributed by atoms with van der Waals surface area (Å²) in [5.74, 6) is -0.484. The van der Waals surface area contributed by atoms with Gasteiger partial charge in [-0.25, -0.2) is 0 Å². The van der Waals surface area contributed by atoms with Crippen molar-refractivity contribution in [2.75, 3.05) is 46.6 Å². The zero-order chi connectivity index (χ0) is 14.1. The maximum absolute atomic E-state index is 11.9. The molecule has 0 aromatic heterocycles. The van der Waals surface area contributed by atoms with Crippen molar-refractivity contribution in [2.45, 2.75) is 19.8 Å². The number of methoxy groups -OCH3 is 1. The van der Waals surface area contributed by atoms with E-state index in [0.29, 0.717) is 32.9 Å². The molecule has 0 radical (unpaired) electrons. The largest absolute Gasteiger partial charge is 0.466 e. The van der Waals surface area contributed by atoms with Crippen molar-refractivity contribution in [3.8, 4) is 0 Å². The number of hydrogen-bond acceptors (Lipinski definition) is 5. The highest BCUT2D eigenvalue weighted by atomic mass is 16.5. The molecule has 0 aromatic carbocycles. The van der Waals surface area contributed by atoms with Gasteiger partial charge in [-0.05, 0) is 19.8 Å². The Morgan fingerprint density at radius 2 is 2.11 bits per heavy atom. The van der Waals surface area contributed by atoms with Crippen LogP contribution in [0.1, 0.15) is 19.8 Å². The van der Waals surface area contributed by atoms with Gasteiger partial charge in [0, 0.05) is 20.2 Å². The van der Waals surface area contributed by atoms with E-state index in [-0.39, 0.29) is 24.4 Å². The van der Waals surface area contributed by atoms with Crippen LogP contribution < -0.4 is 0 Å². The van der Waals surface area contributed by atoms with Crippen LogP contribution in [0.25, 0.3) is 0 Å². The normalized spacial score (nSPS) is 19.3. The number of esters is 1. The molecule has 1 heterocycles. The summed E-state index contributed by atoms with van der Waals surface area (Å²) in [6.07, 6.45) is 1.61. The highest BCUT2D eigenvalue weighted by Gasteiger charge is 2.29. The Morgan fingerprint density at radius 3 is 2.79 bits per heavy atom. The summed E-state index contributed by atoms with van der Waals surface area (Å²) < 4.78 is 15.0. The van der Waals surface area contributed by atoms with Crippen molar-refractivity contribution in [1.82, 2.24) is 4.90 Å². The van der Waals surface area contributed by atoms with Crippen LogP contribution in [0, 0.1) is 5.92 Å². The molecular formula is C13H23NO5. The van der Waals surface area contributed by atoms with E-state index in [1.54, 1.807) is 18.9 Å². The van der Waals surface area contributed by atoms with Gasteiger partial charge in [-0.3, -0.25) is 9.59 Å². The highest BCUT2D eigenvalue weighted by Crippen LogP contribution is 2.18. The van der Waals surface area contributed by atoms with Gasteiger partial charge >= 0.3 is 5.97 Å². The molecule has 19 heavy (non-hydrogen) atoms. The molecular weight excluding hydrogens is 250 g/mol. The fraction of sp³-hybridized carbons (Fsp3) is 0.846. The Morgan fingerprint density at radius 1 is 1.32 bits per heavy atom. The maximum atomic E-state index is 11.9. The number of carbonyl (C=O) groups is 2. The fourth-order valence-corrected chi connectivity index (χ4v) is 2.05.